The number of anilines is 2. The highest BCUT2D eigenvalue weighted by Gasteiger charge is 2.38. The van der Waals surface area contributed by atoms with Gasteiger partial charge < -0.3 is 9.80 Å². The molecule has 1 aliphatic rings. The summed E-state index contributed by atoms with van der Waals surface area (Å²) >= 11 is 0. The summed E-state index contributed by atoms with van der Waals surface area (Å²) in [5, 5.41) is 0. The smallest absolute Gasteiger partial charge is 0.258 e. The molecule has 3 aromatic rings. The molecule has 0 unspecified atom stereocenters. The van der Waals surface area contributed by atoms with Gasteiger partial charge in [-0.1, -0.05) is 69.3 Å². The van der Waals surface area contributed by atoms with Crippen molar-refractivity contribution in [1.82, 2.24) is 0 Å². The van der Waals surface area contributed by atoms with Crippen molar-refractivity contribution in [2.24, 2.45) is 0 Å². The first-order chi connectivity index (χ1) is 15.7. The Balaban J connectivity index is 1.73. The second-order valence-electron chi connectivity index (χ2n) is 9.89. The van der Waals surface area contributed by atoms with Gasteiger partial charge in [-0.2, -0.15) is 0 Å². The molecule has 1 heterocycles. The summed E-state index contributed by atoms with van der Waals surface area (Å²) in [5.41, 5.74) is 4.64. The Kier molecular flexibility index (Phi) is 6.11. The van der Waals surface area contributed by atoms with Gasteiger partial charge in [0, 0.05) is 29.9 Å². The maximum absolute atomic E-state index is 13.7. The highest BCUT2D eigenvalue weighted by Crippen LogP contribution is 2.42. The molecular weight excluding hydrogens is 408 g/mol. The topological polar surface area (TPSA) is 40.6 Å². The SMILES string of the molecule is CC(=O)N(c1ccccc1)[C@H]1C[C@H](C)N(C(=O)c2ccc(C(C)(C)C)cc2)c2ccccc21. The number of amides is 2. The van der Waals surface area contributed by atoms with E-state index in [2.05, 4.69) is 27.7 Å². The van der Waals surface area contributed by atoms with Crippen molar-refractivity contribution in [3.8, 4) is 0 Å². The minimum Gasteiger partial charge on any atom is -0.305 e. The molecule has 0 saturated carbocycles. The van der Waals surface area contributed by atoms with Crippen molar-refractivity contribution < 1.29 is 9.59 Å². The molecule has 4 nitrogen and oxygen atoms in total. The molecule has 2 amide bonds. The van der Waals surface area contributed by atoms with Gasteiger partial charge in [-0.15, -0.1) is 0 Å². The molecule has 0 saturated heterocycles. The second kappa shape index (κ2) is 8.86. The lowest BCUT2D eigenvalue weighted by molar-refractivity contribution is -0.117. The van der Waals surface area contributed by atoms with Gasteiger partial charge in [0.15, 0.2) is 0 Å². The van der Waals surface area contributed by atoms with Gasteiger partial charge in [0.2, 0.25) is 5.91 Å². The summed E-state index contributed by atoms with van der Waals surface area (Å²) in [6, 6.07) is 25.5. The number of para-hydroxylation sites is 2. The lowest BCUT2D eigenvalue weighted by atomic mass is 9.86. The molecule has 0 bridgehead atoms. The quantitative estimate of drug-likeness (QED) is 0.465. The Morgan fingerprint density at radius 2 is 1.48 bits per heavy atom. The monoisotopic (exact) mass is 440 g/mol. The second-order valence-corrected chi connectivity index (χ2v) is 9.89. The number of benzene rings is 3. The fraction of sp³-hybridized carbons (Fsp3) is 0.310. The number of rotatable bonds is 3. The maximum atomic E-state index is 13.7. The Morgan fingerprint density at radius 3 is 2.09 bits per heavy atom. The van der Waals surface area contributed by atoms with Crippen molar-refractivity contribution in [2.75, 3.05) is 9.80 Å². The first-order valence-corrected chi connectivity index (χ1v) is 11.6. The molecule has 0 radical (unpaired) electrons. The fourth-order valence-electron chi connectivity index (χ4n) is 4.76. The maximum Gasteiger partial charge on any atom is 0.258 e. The summed E-state index contributed by atoms with van der Waals surface area (Å²) < 4.78 is 0. The van der Waals surface area contributed by atoms with Crippen molar-refractivity contribution in [2.45, 2.75) is 58.5 Å². The average molecular weight is 441 g/mol. The fourth-order valence-corrected chi connectivity index (χ4v) is 4.76. The van der Waals surface area contributed by atoms with E-state index in [0.717, 1.165) is 16.9 Å². The zero-order valence-corrected chi connectivity index (χ0v) is 20.1. The summed E-state index contributed by atoms with van der Waals surface area (Å²) in [5.74, 6) is -0.0197. The molecule has 0 fully saturated rings. The summed E-state index contributed by atoms with van der Waals surface area (Å²) in [6.45, 7) is 10.2. The first kappa shape index (κ1) is 22.8. The van der Waals surface area contributed by atoms with E-state index in [1.54, 1.807) is 6.92 Å². The molecule has 1 aliphatic heterocycles. The van der Waals surface area contributed by atoms with E-state index in [9.17, 15) is 9.59 Å². The van der Waals surface area contributed by atoms with Gasteiger partial charge in [-0.3, -0.25) is 9.59 Å². The van der Waals surface area contributed by atoms with E-state index < -0.39 is 0 Å². The van der Waals surface area contributed by atoms with Gasteiger partial charge in [-0.25, -0.2) is 0 Å². The Hall–Kier alpha value is -3.40. The number of carbonyl (C=O) groups is 2. The summed E-state index contributed by atoms with van der Waals surface area (Å²) in [7, 11) is 0. The third kappa shape index (κ3) is 4.43. The molecule has 0 aliphatic carbocycles. The van der Waals surface area contributed by atoms with Gasteiger partial charge in [0.25, 0.3) is 5.91 Å². The van der Waals surface area contributed by atoms with Gasteiger partial charge in [0.05, 0.1) is 6.04 Å². The van der Waals surface area contributed by atoms with Crippen LogP contribution >= 0.6 is 0 Å². The molecule has 4 rings (SSSR count). The Morgan fingerprint density at radius 1 is 0.879 bits per heavy atom. The first-order valence-electron chi connectivity index (χ1n) is 11.6. The molecule has 2 atom stereocenters. The highest BCUT2D eigenvalue weighted by molar-refractivity contribution is 6.07. The molecule has 33 heavy (non-hydrogen) atoms. The molecule has 4 heteroatoms. The van der Waals surface area contributed by atoms with E-state index in [0.29, 0.717) is 12.0 Å². The van der Waals surface area contributed by atoms with E-state index in [-0.39, 0.29) is 29.3 Å². The predicted molar refractivity (Wildman–Crippen MR) is 135 cm³/mol. The van der Waals surface area contributed by atoms with Crippen LogP contribution in [0.3, 0.4) is 0 Å². The summed E-state index contributed by atoms with van der Waals surface area (Å²) in [4.78, 5) is 30.2. The molecule has 3 aromatic carbocycles. The van der Waals surface area contributed by atoms with Crippen LogP contribution in [0, 0.1) is 0 Å². The standard InChI is InChI=1S/C29H32N2O2/c1-20-19-27(31(21(2)32)24-11-7-6-8-12-24)25-13-9-10-14-26(25)30(20)28(33)22-15-17-23(18-16-22)29(3,4)5/h6-18,20,27H,19H2,1-5H3/t20-,27-/m0/s1. The van der Waals surface area contributed by atoms with Crippen molar-refractivity contribution in [1.29, 1.82) is 0 Å². The van der Waals surface area contributed by atoms with Crippen LogP contribution in [-0.4, -0.2) is 17.9 Å². The summed E-state index contributed by atoms with van der Waals surface area (Å²) in [6.07, 6.45) is 0.664. The van der Waals surface area contributed by atoms with Gasteiger partial charge in [-0.05, 0) is 60.2 Å². The van der Waals surface area contributed by atoms with Crippen LogP contribution in [0.5, 0.6) is 0 Å². The number of fused-ring (bicyclic) bond motifs is 1. The van der Waals surface area contributed by atoms with Crippen LogP contribution in [0.2, 0.25) is 0 Å². The Bertz CT molecular complexity index is 1150. The highest BCUT2D eigenvalue weighted by atomic mass is 16.2. The normalized spacial score (nSPS) is 17.9. The van der Waals surface area contributed by atoms with E-state index in [1.165, 1.54) is 5.56 Å². The number of nitrogens with zero attached hydrogens (tertiary/aromatic N) is 2. The average Bonchev–Trinajstić information content (AvgIpc) is 2.79. The minimum atomic E-state index is -0.136. The molecular formula is C29H32N2O2. The van der Waals surface area contributed by atoms with Crippen LogP contribution in [0.1, 0.15) is 68.6 Å². The van der Waals surface area contributed by atoms with Gasteiger partial charge in [0.1, 0.15) is 0 Å². The lowest BCUT2D eigenvalue weighted by Crippen LogP contribution is -2.47. The van der Waals surface area contributed by atoms with E-state index in [1.807, 2.05) is 88.7 Å². The minimum absolute atomic E-state index is 0.00857. The lowest BCUT2D eigenvalue weighted by Gasteiger charge is -2.43. The third-order valence-electron chi connectivity index (χ3n) is 6.46. The molecule has 0 aromatic heterocycles. The van der Waals surface area contributed by atoms with Crippen LogP contribution in [0.4, 0.5) is 11.4 Å². The number of carbonyl (C=O) groups excluding carboxylic acids is 2. The van der Waals surface area contributed by atoms with E-state index in [4.69, 9.17) is 0 Å². The van der Waals surface area contributed by atoms with Gasteiger partial charge >= 0.3 is 0 Å². The zero-order valence-electron chi connectivity index (χ0n) is 20.1. The van der Waals surface area contributed by atoms with Crippen molar-refractivity contribution in [3.63, 3.8) is 0 Å². The van der Waals surface area contributed by atoms with Crippen LogP contribution < -0.4 is 9.80 Å². The molecule has 170 valence electrons. The molecule has 0 N–H and O–H groups in total. The number of hydrogen-bond donors (Lipinski definition) is 0. The predicted octanol–water partition coefficient (Wildman–Crippen LogP) is 6.52. The largest absolute Gasteiger partial charge is 0.305 e. The van der Waals surface area contributed by atoms with Crippen LogP contribution in [0.25, 0.3) is 0 Å². The van der Waals surface area contributed by atoms with Crippen molar-refractivity contribution >= 4 is 23.2 Å². The van der Waals surface area contributed by atoms with Crippen molar-refractivity contribution in [3.05, 3.63) is 95.6 Å². The zero-order chi connectivity index (χ0) is 23.8. The van der Waals surface area contributed by atoms with Crippen LogP contribution in [0.15, 0.2) is 78.9 Å². The van der Waals surface area contributed by atoms with Crippen LogP contribution in [-0.2, 0) is 10.2 Å². The third-order valence-corrected chi connectivity index (χ3v) is 6.46. The Labute approximate surface area is 196 Å². The molecule has 0 spiro atoms. The number of hydrogen-bond acceptors (Lipinski definition) is 2. The van der Waals surface area contributed by atoms with E-state index >= 15 is 0 Å².